The van der Waals surface area contributed by atoms with Crippen LogP contribution in [-0.2, 0) is 11.3 Å². The summed E-state index contributed by atoms with van der Waals surface area (Å²) >= 11 is 1.37. The first kappa shape index (κ1) is 18.6. The van der Waals surface area contributed by atoms with E-state index in [1.807, 2.05) is 30.3 Å². The maximum atomic E-state index is 12.9. The van der Waals surface area contributed by atoms with E-state index in [4.69, 9.17) is 0 Å². The molecule has 8 heteroatoms. The number of thiazole rings is 1. The van der Waals surface area contributed by atoms with E-state index in [-0.39, 0.29) is 18.0 Å². The fourth-order valence-electron chi connectivity index (χ4n) is 3.49. The molecule has 3 heterocycles. The van der Waals surface area contributed by atoms with Gasteiger partial charge >= 0.3 is 0 Å². The number of likely N-dealkylation sites (N-methyl/N-ethyl adjacent to an activating group) is 1. The van der Waals surface area contributed by atoms with E-state index in [0.717, 1.165) is 30.3 Å². The number of nitrogens with zero attached hydrogens (tertiary/aromatic N) is 5. The van der Waals surface area contributed by atoms with Crippen molar-refractivity contribution >= 4 is 38.4 Å². The van der Waals surface area contributed by atoms with Crippen molar-refractivity contribution in [2.45, 2.75) is 26.3 Å². The molecule has 1 fully saturated rings. The van der Waals surface area contributed by atoms with Crippen LogP contribution in [0.5, 0.6) is 0 Å². The highest BCUT2D eigenvalue weighted by molar-refractivity contribution is 7.22. The minimum absolute atomic E-state index is 0.0544. The zero-order valence-corrected chi connectivity index (χ0v) is 16.9. The number of carbonyl (C=O) groups is 1. The average molecular weight is 398 g/mol. The first-order valence-electron chi connectivity index (χ1n) is 9.45. The van der Waals surface area contributed by atoms with E-state index in [2.05, 4.69) is 21.8 Å². The zero-order valence-electron chi connectivity index (χ0n) is 16.0. The molecule has 7 nitrogen and oxygen atoms in total. The Morgan fingerprint density at radius 3 is 2.86 bits per heavy atom. The van der Waals surface area contributed by atoms with Gasteiger partial charge in [-0.25, -0.2) is 4.98 Å². The number of piperidine rings is 1. The summed E-state index contributed by atoms with van der Waals surface area (Å²) in [5.74, 6) is 0.445. The molecule has 0 N–H and O–H groups in total. The molecule has 1 atom stereocenters. The summed E-state index contributed by atoms with van der Waals surface area (Å²) in [5.41, 5.74) is 1.03. The lowest BCUT2D eigenvalue weighted by Crippen LogP contribution is -2.34. The molecular formula is C20H23N5O2S. The summed E-state index contributed by atoms with van der Waals surface area (Å²) in [6.07, 6.45) is 3.78. The molecule has 1 amide bonds. The molecule has 1 aromatic carbocycles. The first-order chi connectivity index (χ1) is 13.5. The van der Waals surface area contributed by atoms with Crippen LogP contribution in [0.2, 0.25) is 0 Å². The van der Waals surface area contributed by atoms with Gasteiger partial charge in [0.1, 0.15) is 17.6 Å². The minimum atomic E-state index is -0.214. The molecular weight excluding hydrogens is 374 g/mol. The van der Waals surface area contributed by atoms with Crippen molar-refractivity contribution in [3.8, 4) is 0 Å². The highest BCUT2D eigenvalue weighted by Crippen LogP contribution is 2.29. The maximum Gasteiger partial charge on any atom is 0.273 e. The molecule has 146 valence electrons. The molecule has 3 aromatic rings. The van der Waals surface area contributed by atoms with Crippen molar-refractivity contribution in [1.29, 1.82) is 0 Å². The van der Waals surface area contributed by atoms with Crippen LogP contribution >= 0.6 is 11.3 Å². The van der Waals surface area contributed by atoms with Gasteiger partial charge in [0.2, 0.25) is 5.91 Å². The number of hydrogen-bond acceptors (Lipinski definition) is 6. The third-order valence-corrected chi connectivity index (χ3v) is 6.22. The van der Waals surface area contributed by atoms with Crippen LogP contribution in [0.4, 0.5) is 10.8 Å². The van der Waals surface area contributed by atoms with Crippen molar-refractivity contribution < 1.29 is 4.79 Å². The second kappa shape index (κ2) is 7.71. The van der Waals surface area contributed by atoms with E-state index in [9.17, 15) is 9.59 Å². The fraction of sp³-hybridized carbons (Fsp3) is 0.400. The van der Waals surface area contributed by atoms with Crippen LogP contribution in [0.15, 0.2) is 41.5 Å². The number of amides is 1. The van der Waals surface area contributed by atoms with Crippen LogP contribution in [0.1, 0.15) is 19.8 Å². The van der Waals surface area contributed by atoms with Gasteiger partial charge in [-0.3, -0.25) is 14.2 Å². The minimum Gasteiger partial charge on any atom is -0.348 e. The lowest BCUT2D eigenvalue weighted by molar-refractivity contribution is -0.118. The van der Waals surface area contributed by atoms with Gasteiger partial charge in [0.15, 0.2) is 10.8 Å². The predicted octanol–water partition coefficient (Wildman–Crippen LogP) is 2.75. The number of fused-ring (bicyclic) bond motifs is 1. The summed E-state index contributed by atoms with van der Waals surface area (Å²) in [7, 11) is 1.71. The smallest absolute Gasteiger partial charge is 0.273 e. The molecule has 0 radical (unpaired) electrons. The van der Waals surface area contributed by atoms with Gasteiger partial charge in [-0.1, -0.05) is 36.5 Å². The molecule has 4 rings (SSSR count). The van der Waals surface area contributed by atoms with E-state index < -0.39 is 0 Å². The lowest BCUT2D eigenvalue weighted by atomic mass is 10.0. The number of anilines is 2. The van der Waals surface area contributed by atoms with E-state index >= 15 is 0 Å². The van der Waals surface area contributed by atoms with Crippen molar-refractivity contribution in [3.05, 3.63) is 47.0 Å². The Hall–Kier alpha value is -2.74. The topological polar surface area (TPSA) is 71.3 Å². The quantitative estimate of drug-likeness (QED) is 0.677. The number of para-hydroxylation sites is 1. The average Bonchev–Trinajstić information content (AvgIpc) is 3.15. The van der Waals surface area contributed by atoms with Gasteiger partial charge in [-0.15, -0.1) is 0 Å². The molecule has 0 bridgehead atoms. The highest BCUT2D eigenvalue weighted by atomic mass is 32.1. The van der Waals surface area contributed by atoms with E-state index in [1.165, 1.54) is 28.7 Å². The molecule has 0 unspecified atom stereocenters. The molecule has 28 heavy (non-hydrogen) atoms. The molecule has 1 saturated heterocycles. The van der Waals surface area contributed by atoms with Gasteiger partial charge in [0.05, 0.1) is 0 Å². The Morgan fingerprint density at radius 2 is 2.11 bits per heavy atom. The summed E-state index contributed by atoms with van der Waals surface area (Å²) in [6.45, 7) is 4.09. The van der Waals surface area contributed by atoms with Gasteiger partial charge in [-0.05, 0) is 30.9 Å². The van der Waals surface area contributed by atoms with Crippen molar-refractivity contribution in [2.24, 2.45) is 5.92 Å². The molecule has 1 aliphatic heterocycles. The van der Waals surface area contributed by atoms with Gasteiger partial charge in [0, 0.05) is 25.8 Å². The van der Waals surface area contributed by atoms with Crippen LogP contribution in [-0.4, -0.2) is 40.6 Å². The third-order valence-electron chi connectivity index (χ3n) is 5.12. The molecule has 1 aliphatic rings. The first-order valence-corrected chi connectivity index (χ1v) is 10.3. The summed E-state index contributed by atoms with van der Waals surface area (Å²) in [6, 6.07) is 9.36. The fourth-order valence-corrected chi connectivity index (χ4v) is 4.50. The second-order valence-electron chi connectivity index (χ2n) is 7.31. The zero-order chi connectivity index (χ0) is 19.7. The van der Waals surface area contributed by atoms with Crippen molar-refractivity contribution in [1.82, 2.24) is 14.5 Å². The van der Waals surface area contributed by atoms with Crippen LogP contribution in [0.3, 0.4) is 0 Å². The van der Waals surface area contributed by atoms with Gasteiger partial charge < -0.3 is 9.80 Å². The lowest BCUT2D eigenvalue weighted by Gasteiger charge is -2.30. The number of benzene rings is 1. The molecule has 0 aliphatic carbocycles. The number of rotatable bonds is 4. The Labute approximate surface area is 167 Å². The van der Waals surface area contributed by atoms with Crippen molar-refractivity contribution in [3.63, 3.8) is 0 Å². The van der Waals surface area contributed by atoms with Gasteiger partial charge in [-0.2, -0.15) is 4.98 Å². The number of carbonyl (C=O) groups excluding carboxylic acids is 1. The van der Waals surface area contributed by atoms with Crippen LogP contribution < -0.4 is 15.4 Å². The standard InChI is InChI=1S/C20H23N5O2S/c1-14-7-6-10-24(11-14)20-22-18-17(28-20)19(27)25(13-21-18)12-16(26)23(2)15-8-4-3-5-9-15/h3-5,8-9,13-14H,6-7,10-12H2,1-2H3/t14-/m1/s1. The number of aromatic nitrogens is 3. The monoisotopic (exact) mass is 397 g/mol. The highest BCUT2D eigenvalue weighted by Gasteiger charge is 2.21. The summed E-state index contributed by atoms with van der Waals surface area (Å²) < 4.78 is 1.87. The largest absolute Gasteiger partial charge is 0.348 e. The second-order valence-corrected chi connectivity index (χ2v) is 8.29. The van der Waals surface area contributed by atoms with Crippen LogP contribution in [0, 0.1) is 5.92 Å². The molecule has 0 saturated carbocycles. The Balaban J connectivity index is 1.57. The van der Waals surface area contributed by atoms with Crippen molar-refractivity contribution in [2.75, 3.05) is 29.9 Å². The SMILES string of the molecule is C[C@@H]1CCCN(c2nc3ncn(CC(=O)N(C)c4ccccc4)c(=O)c3s2)C1. The van der Waals surface area contributed by atoms with E-state index in [1.54, 1.807) is 11.9 Å². The third kappa shape index (κ3) is 3.64. The molecule has 2 aromatic heterocycles. The number of hydrogen-bond donors (Lipinski definition) is 0. The van der Waals surface area contributed by atoms with E-state index in [0.29, 0.717) is 16.3 Å². The van der Waals surface area contributed by atoms with Crippen LogP contribution in [0.25, 0.3) is 10.3 Å². The summed E-state index contributed by atoms with van der Waals surface area (Å²) in [5, 5.41) is 0.844. The Morgan fingerprint density at radius 1 is 1.32 bits per heavy atom. The molecule has 0 spiro atoms. The normalized spacial score (nSPS) is 17.1. The Kier molecular flexibility index (Phi) is 5.13. The summed E-state index contributed by atoms with van der Waals surface area (Å²) in [4.78, 5) is 38.2. The maximum absolute atomic E-state index is 12.9. The predicted molar refractivity (Wildman–Crippen MR) is 112 cm³/mol. The van der Waals surface area contributed by atoms with Gasteiger partial charge in [0.25, 0.3) is 5.56 Å². The Bertz CT molecular complexity index is 1050.